The second kappa shape index (κ2) is 5.38. The summed E-state index contributed by atoms with van der Waals surface area (Å²) < 4.78 is 13.1. The van der Waals surface area contributed by atoms with Crippen molar-refractivity contribution in [3.05, 3.63) is 59.5 Å². The lowest BCUT2D eigenvalue weighted by atomic mass is 10.1. The number of aromatic nitrogens is 2. The minimum Gasteiger partial charge on any atom is -0.331 e. The molecule has 5 heteroatoms. The first-order valence-electron chi connectivity index (χ1n) is 6.11. The molecule has 20 heavy (non-hydrogen) atoms. The van der Waals surface area contributed by atoms with Crippen molar-refractivity contribution < 1.29 is 4.39 Å². The van der Waals surface area contributed by atoms with Crippen molar-refractivity contribution in [1.29, 1.82) is 0 Å². The van der Waals surface area contributed by atoms with Crippen molar-refractivity contribution in [2.75, 3.05) is 5.32 Å². The average molecular weight is 285 g/mol. The molecule has 0 atom stereocenters. The normalized spacial score (nSPS) is 10.5. The molecule has 0 aliphatic carbocycles. The Hall–Kier alpha value is -2.27. The highest BCUT2D eigenvalue weighted by Crippen LogP contribution is 2.28. The standard InChI is InChI=1S/C15H12FN3S/c1-10-5-6-17-8-13(10)14-9-20-15(19-14)18-12-4-2-3-11(16)7-12/h2-9H,1H3,(H,18,19). The quantitative estimate of drug-likeness (QED) is 0.775. The van der Waals surface area contributed by atoms with Gasteiger partial charge in [-0.15, -0.1) is 11.3 Å². The van der Waals surface area contributed by atoms with E-state index in [-0.39, 0.29) is 5.82 Å². The molecule has 0 saturated heterocycles. The van der Waals surface area contributed by atoms with E-state index >= 15 is 0 Å². The third-order valence-corrected chi connectivity index (χ3v) is 3.65. The number of anilines is 2. The van der Waals surface area contributed by atoms with E-state index in [1.165, 1.54) is 23.5 Å². The predicted octanol–water partition coefficient (Wildman–Crippen LogP) is 4.40. The van der Waals surface area contributed by atoms with Crippen LogP contribution in [-0.4, -0.2) is 9.97 Å². The molecule has 1 N–H and O–H groups in total. The number of aryl methyl sites for hydroxylation is 1. The lowest BCUT2D eigenvalue weighted by molar-refractivity contribution is 0.628. The van der Waals surface area contributed by atoms with E-state index in [0.717, 1.165) is 22.0 Å². The van der Waals surface area contributed by atoms with Gasteiger partial charge in [0.25, 0.3) is 0 Å². The molecule has 3 aromatic rings. The lowest BCUT2D eigenvalue weighted by Gasteiger charge is -2.02. The highest BCUT2D eigenvalue weighted by atomic mass is 32.1. The number of rotatable bonds is 3. The molecule has 0 aliphatic rings. The molecule has 0 saturated carbocycles. The molecule has 0 amide bonds. The van der Waals surface area contributed by atoms with Gasteiger partial charge < -0.3 is 5.32 Å². The molecule has 0 spiro atoms. The van der Waals surface area contributed by atoms with Crippen LogP contribution in [0.3, 0.4) is 0 Å². The van der Waals surface area contributed by atoms with Gasteiger partial charge in [0.15, 0.2) is 5.13 Å². The Labute approximate surface area is 120 Å². The smallest absolute Gasteiger partial charge is 0.187 e. The van der Waals surface area contributed by atoms with Crippen molar-refractivity contribution in [1.82, 2.24) is 9.97 Å². The van der Waals surface area contributed by atoms with Gasteiger partial charge in [0, 0.05) is 29.0 Å². The van der Waals surface area contributed by atoms with Crippen LogP contribution in [0.5, 0.6) is 0 Å². The van der Waals surface area contributed by atoms with Gasteiger partial charge in [0.1, 0.15) is 5.82 Å². The van der Waals surface area contributed by atoms with Gasteiger partial charge in [-0.25, -0.2) is 9.37 Å². The van der Waals surface area contributed by atoms with E-state index in [1.807, 2.05) is 18.4 Å². The summed E-state index contributed by atoms with van der Waals surface area (Å²) in [6.45, 7) is 2.02. The third-order valence-electron chi connectivity index (χ3n) is 2.90. The van der Waals surface area contributed by atoms with Crippen molar-refractivity contribution in [3.8, 4) is 11.3 Å². The summed E-state index contributed by atoms with van der Waals surface area (Å²) in [5.41, 5.74) is 3.70. The first-order chi connectivity index (χ1) is 9.72. The van der Waals surface area contributed by atoms with E-state index in [4.69, 9.17) is 0 Å². The minimum absolute atomic E-state index is 0.269. The second-order valence-electron chi connectivity index (χ2n) is 4.36. The van der Waals surface area contributed by atoms with Crippen LogP contribution in [0.2, 0.25) is 0 Å². The zero-order chi connectivity index (χ0) is 13.9. The maximum Gasteiger partial charge on any atom is 0.187 e. The molecule has 3 nitrogen and oxygen atoms in total. The summed E-state index contributed by atoms with van der Waals surface area (Å²) in [6, 6.07) is 8.28. The van der Waals surface area contributed by atoms with Crippen molar-refractivity contribution in [2.24, 2.45) is 0 Å². The van der Waals surface area contributed by atoms with E-state index in [2.05, 4.69) is 15.3 Å². The summed E-state index contributed by atoms with van der Waals surface area (Å²) in [5.74, 6) is -0.269. The molecule has 3 rings (SSSR count). The summed E-state index contributed by atoms with van der Waals surface area (Å²) in [5, 5.41) is 5.80. The fourth-order valence-electron chi connectivity index (χ4n) is 1.88. The molecular weight excluding hydrogens is 273 g/mol. The zero-order valence-electron chi connectivity index (χ0n) is 10.8. The van der Waals surface area contributed by atoms with E-state index < -0.39 is 0 Å². The molecule has 0 bridgehead atoms. The first-order valence-corrected chi connectivity index (χ1v) is 6.99. The van der Waals surface area contributed by atoms with Crippen molar-refractivity contribution in [2.45, 2.75) is 6.92 Å². The Morgan fingerprint density at radius 2 is 2.15 bits per heavy atom. The van der Waals surface area contributed by atoms with E-state index in [9.17, 15) is 4.39 Å². The zero-order valence-corrected chi connectivity index (χ0v) is 11.6. The molecule has 100 valence electrons. The van der Waals surface area contributed by atoms with Crippen LogP contribution >= 0.6 is 11.3 Å². The monoisotopic (exact) mass is 285 g/mol. The van der Waals surface area contributed by atoms with Crippen molar-refractivity contribution >= 4 is 22.2 Å². The number of benzene rings is 1. The number of hydrogen-bond donors (Lipinski definition) is 1. The largest absolute Gasteiger partial charge is 0.331 e. The van der Waals surface area contributed by atoms with Gasteiger partial charge in [-0.1, -0.05) is 6.07 Å². The second-order valence-corrected chi connectivity index (χ2v) is 5.22. The molecular formula is C15H12FN3S. The first kappa shape index (κ1) is 12.7. The Morgan fingerprint density at radius 1 is 1.25 bits per heavy atom. The van der Waals surface area contributed by atoms with Gasteiger partial charge in [-0.2, -0.15) is 0 Å². The molecule has 0 radical (unpaired) electrons. The number of pyridine rings is 1. The van der Waals surface area contributed by atoms with Crippen LogP contribution in [0.1, 0.15) is 5.56 Å². The Bertz CT molecular complexity index is 739. The molecule has 0 aliphatic heterocycles. The minimum atomic E-state index is -0.269. The van der Waals surface area contributed by atoms with Gasteiger partial charge in [0.2, 0.25) is 0 Å². The van der Waals surface area contributed by atoms with Crippen LogP contribution in [0.4, 0.5) is 15.2 Å². The predicted molar refractivity (Wildman–Crippen MR) is 79.8 cm³/mol. The number of halogens is 1. The van der Waals surface area contributed by atoms with Crippen LogP contribution in [0.25, 0.3) is 11.3 Å². The average Bonchev–Trinajstić information content (AvgIpc) is 2.87. The Kier molecular flexibility index (Phi) is 3.43. The summed E-state index contributed by atoms with van der Waals surface area (Å²) in [4.78, 5) is 8.63. The van der Waals surface area contributed by atoms with Gasteiger partial charge in [-0.05, 0) is 36.8 Å². The number of thiazole rings is 1. The fraction of sp³-hybridized carbons (Fsp3) is 0.0667. The summed E-state index contributed by atoms with van der Waals surface area (Å²) in [7, 11) is 0. The van der Waals surface area contributed by atoms with Crippen LogP contribution in [0.15, 0.2) is 48.1 Å². The topological polar surface area (TPSA) is 37.8 Å². The molecule has 0 unspecified atom stereocenters. The molecule has 1 aromatic carbocycles. The van der Waals surface area contributed by atoms with Gasteiger partial charge in [-0.3, -0.25) is 4.98 Å². The van der Waals surface area contributed by atoms with E-state index in [1.54, 1.807) is 24.5 Å². The van der Waals surface area contributed by atoms with Crippen molar-refractivity contribution in [3.63, 3.8) is 0 Å². The van der Waals surface area contributed by atoms with Crippen LogP contribution in [0, 0.1) is 12.7 Å². The van der Waals surface area contributed by atoms with Crippen LogP contribution in [-0.2, 0) is 0 Å². The maximum absolute atomic E-state index is 13.1. The van der Waals surface area contributed by atoms with Crippen LogP contribution < -0.4 is 5.32 Å². The number of nitrogens with zero attached hydrogens (tertiary/aromatic N) is 2. The summed E-state index contributed by atoms with van der Waals surface area (Å²) >= 11 is 1.48. The third kappa shape index (κ3) is 2.67. The molecule has 2 heterocycles. The summed E-state index contributed by atoms with van der Waals surface area (Å²) in [6.07, 6.45) is 3.56. The van der Waals surface area contributed by atoms with Gasteiger partial charge in [0.05, 0.1) is 5.69 Å². The number of hydrogen-bond acceptors (Lipinski definition) is 4. The SMILES string of the molecule is Cc1ccncc1-c1csc(Nc2cccc(F)c2)n1. The van der Waals surface area contributed by atoms with Gasteiger partial charge >= 0.3 is 0 Å². The van der Waals surface area contributed by atoms with E-state index in [0.29, 0.717) is 5.69 Å². The Balaban J connectivity index is 1.86. The number of nitrogens with one attached hydrogen (secondary N) is 1. The Morgan fingerprint density at radius 3 is 2.95 bits per heavy atom. The molecule has 0 fully saturated rings. The highest BCUT2D eigenvalue weighted by Gasteiger charge is 2.07. The highest BCUT2D eigenvalue weighted by molar-refractivity contribution is 7.14. The fourth-order valence-corrected chi connectivity index (χ4v) is 2.61. The maximum atomic E-state index is 13.1. The molecule has 2 aromatic heterocycles. The lowest BCUT2D eigenvalue weighted by Crippen LogP contribution is -1.91.